The van der Waals surface area contributed by atoms with E-state index in [0.29, 0.717) is 25.1 Å². The van der Waals surface area contributed by atoms with Crippen LogP contribution in [-0.4, -0.2) is 42.6 Å². The SMILES string of the molecule is O=C(Nc1cccc(CN2CCCC2=O)c1)c1ccc(OC[C@H]2CCCO2)cc1. The second-order valence-electron chi connectivity index (χ2n) is 7.54. The Morgan fingerprint density at radius 3 is 2.76 bits per heavy atom. The monoisotopic (exact) mass is 394 g/mol. The van der Waals surface area contributed by atoms with Crippen LogP contribution in [0.1, 0.15) is 41.6 Å². The van der Waals surface area contributed by atoms with E-state index in [1.165, 1.54) is 0 Å². The van der Waals surface area contributed by atoms with Crippen LogP contribution in [0.3, 0.4) is 0 Å². The first kappa shape index (κ1) is 19.5. The molecule has 2 aromatic rings. The quantitative estimate of drug-likeness (QED) is 0.779. The van der Waals surface area contributed by atoms with E-state index in [1.54, 1.807) is 24.3 Å². The minimum Gasteiger partial charge on any atom is -0.491 e. The smallest absolute Gasteiger partial charge is 0.255 e. The van der Waals surface area contributed by atoms with Crippen LogP contribution in [0.4, 0.5) is 5.69 Å². The maximum atomic E-state index is 12.6. The van der Waals surface area contributed by atoms with Crippen molar-refractivity contribution >= 4 is 17.5 Å². The molecule has 4 rings (SSSR count). The molecule has 0 spiro atoms. The molecular formula is C23H26N2O4. The first-order valence-electron chi connectivity index (χ1n) is 10.2. The topological polar surface area (TPSA) is 67.9 Å². The zero-order valence-corrected chi connectivity index (χ0v) is 16.4. The Balaban J connectivity index is 1.32. The minimum absolute atomic E-state index is 0.168. The molecule has 6 nitrogen and oxygen atoms in total. The van der Waals surface area contributed by atoms with Crippen LogP contribution in [0.15, 0.2) is 48.5 Å². The Hall–Kier alpha value is -2.86. The molecule has 2 amide bonds. The number of nitrogens with zero attached hydrogens (tertiary/aromatic N) is 1. The molecule has 29 heavy (non-hydrogen) atoms. The van der Waals surface area contributed by atoms with Crippen molar-refractivity contribution in [3.8, 4) is 5.75 Å². The van der Waals surface area contributed by atoms with Crippen LogP contribution in [0.2, 0.25) is 0 Å². The average molecular weight is 394 g/mol. The van der Waals surface area contributed by atoms with E-state index in [1.807, 2.05) is 29.2 Å². The maximum Gasteiger partial charge on any atom is 0.255 e. The summed E-state index contributed by atoms with van der Waals surface area (Å²) in [6.07, 6.45) is 3.83. The third kappa shape index (κ3) is 5.15. The molecule has 1 N–H and O–H groups in total. The molecule has 0 bridgehead atoms. The molecule has 0 saturated carbocycles. The van der Waals surface area contributed by atoms with Crippen molar-refractivity contribution in [2.45, 2.75) is 38.3 Å². The van der Waals surface area contributed by atoms with Crippen molar-refractivity contribution in [1.82, 2.24) is 4.90 Å². The number of nitrogens with one attached hydrogen (secondary N) is 1. The summed E-state index contributed by atoms with van der Waals surface area (Å²) in [5.41, 5.74) is 2.29. The van der Waals surface area contributed by atoms with Crippen molar-refractivity contribution in [2.24, 2.45) is 0 Å². The number of ether oxygens (including phenoxy) is 2. The second kappa shape index (κ2) is 9.09. The van der Waals surface area contributed by atoms with Gasteiger partial charge in [-0.1, -0.05) is 12.1 Å². The van der Waals surface area contributed by atoms with Crippen molar-refractivity contribution in [3.05, 3.63) is 59.7 Å². The van der Waals surface area contributed by atoms with Gasteiger partial charge in [-0.3, -0.25) is 9.59 Å². The van der Waals surface area contributed by atoms with Crippen LogP contribution >= 0.6 is 0 Å². The standard InChI is InChI=1S/C23H26N2O4/c26-22-7-2-12-25(22)15-17-4-1-5-19(14-17)24-23(27)18-8-10-20(11-9-18)29-16-21-6-3-13-28-21/h1,4-5,8-11,14,21H,2-3,6-7,12-13,15-16H2,(H,24,27)/t21-/m1/s1. The minimum atomic E-state index is -0.176. The van der Waals surface area contributed by atoms with Gasteiger partial charge in [0.15, 0.2) is 0 Å². The Bertz CT molecular complexity index is 859. The molecule has 2 aliphatic rings. The van der Waals surface area contributed by atoms with Gasteiger partial charge in [0.2, 0.25) is 5.91 Å². The predicted octanol–water partition coefficient (Wildman–Crippen LogP) is 3.62. The van der Waals surface area contributed by atoms with E-state index in [2.05, 4.69) is 5.32 Å². The zero-order chi connectivity index (χ0) is 20.1. The summed E-state index contributed by atoms with van der Waals surface area (Å²) in [5, 5.41) is 2.93. The number of carbonyl (C=O) groups excluding carboxylic acids is 2. The van der Waals surface area contributed by atoms with Crippen molar-refractivity contribution < 1.29 is 19.1 Å². The van der Waals surface area contributed by atoms with Gasteiger partial charge in [0, 0.05) is 37.4 Å². The summed E-state index contributed by atoms with van der Waals surface area (Å²) < 4.78 is 11.3. The van der Waals surface area contributed by atoms with E-state index in [0.717, 1.165) is 49.4 Å². The average Bonchev–Trinajstić information content (AvgIpc) is 3.39. The van der Waals surface area contributed by atoms with Gasteiger partial charge in [-0.05, 0) is 61.2 Å². The van der Waals surface area contributed by atoms with E-state index < -0.39 is 0 Å². The third-order valence-corrected chi connectivity index (χ3v) is 5.31. The van der Waals surface area contributed by atoms with Gasteiger partial charge in [0.1, 0.15) is 12.4 Å². The van der Waals surface area contributed by atoms with Crippen molar-refractivity contribution in [3.63, 3.8) is 0 Å². The number of likely N-dealkylation sites (tertiary alicyclic amines) is 1. The van der Waals surface area contributed by atoms with Crippen LogP contribution in [0, 0.1) is 0 Å². The van der Waals surface area contributed by atoms with Gasteiger partial charge in [0.05, 0.1) is 6.10 Å². The number of hydrogen-bond acceptors (Lipinski definition) is 4. The van der Waals surface area contributed by atoms with Crippen molar-refractivity contribution in [1.29, 1.82) is 0 Å². The molecule has 0 aliphatic carbocycles. The molecule has 6 heteroatoms. The second-order valence-corrected chi connectivity index (χ2v) is 7.54. The van der Waals surface area contributed by atoms with Gasteiger partial charge in [-0.2, -0.15) is 0 Å². The molecule has 2 saturated heterocycles. The van der Waals surface area contributed by atoms with Gasteiger partial charge in [-0.25, -0.2) is 0 Å². The van der Waals surface area contributed by atoms with Gasteiger partial charge < -0.3 is 19.7 Å². The lowest BCUT2D eigenvalue weighted by Gasteiger charge is -2.16. The normalized spacial score (nSPS) is 18.8. The number of amides is 2. The summed E-state index contributed by atoms with van der Waals surface area (Å²) >= 11 is 0. The fourth-order valence-electron chi connectivity index (χ4n) is 3.71. The highest BCUT2D eigenvalue weighted by Gasteiger charge is 2.20. The molecular weight excluding hydrogens is 368 g/mol. The fraction of sp³-hybridized carbons (Fsp3) is 0.391. The van der Waals surface area contributed by atoms with Crippen LogP contribution < -0.4 is 10.1 Å². The van der Waals surface area contributed by atoms with E-state index in [9.17, 15) is 9.59 Å². The third-order valence-electron chi connectivity index (χ3n) is 5.31. The number of hydrogen-bond donors (Lipinski definition) is 1. The molecule has 1 atom stereocenters. The zero-order valence-electron chi connectivity index (χ0n) is 16.4. The number of carbonyl (C=O) groups is 2. The van der Waals surface area contributed by atoms with Gasteiger partial charge in [0.25, 0.3) is 5.91 Å². The molecule has 2 aliphatic heterocycles. The van der Waals surface area contributed by atoms with Crippen molar-refractivity contribution in [2.75, 3.05) is 25.1 Å². The first-order valence-corrected chi connectivity index (χ1v) is 10.2. The summed E-state index contributed by atoms with van der Waals surface area (Å²) in [6.45, 7) is 2.73. The molecule has 0 unspecified atom stereocenters. The molecule has 2 heterocycles. The molecule has 0 aromatic heterocycles. The van der Waals surface area contributed by atoms with E-state index >= 15 is 0 Å². The van der Waals surface area contributed by atoms with E-state index in [-0.39, 0.29) is 17.9 Å². The lowest BCUT2D eigenvalue weighted by atomic mass is 10.1. The highest BCUT2D eigenvalue weighted by Crippen LogP contribution is 2.19. The highest BCUT2D eigenvalue weighted by atomic mass is 16.5. The summed E-state index contributed by atoms with van der Waals surface area (Å²) in [5.74, 6) is 0.751. The number of benzene rings is 2. The lowest BCUT2D eigenvalue weighted by Crippen LogP contribution is -2.23. The summed E-state index contributed by atoms with van der Waals surface area (Å²) in [6, 6.07) is 14.8. The first-order chi connectivity index (χ1) is 14.2. The van der Waals surface area contributed by atoms with Crippen LogP contribution in [0.5, 0.6) is 5.75 Å². The highest BCUT2D eigenvalue weighted by molar-refractivity contribution is 6.04. The van der Waals surface area contributed by atoms with Gasteiger partial charge in [-0.15, -0.1) is 0 Å². The van der Waals surface area contributed by atoms with Gasteiger partial charge >= 0.3 is 0 Å². The van der Waals surface area contributed by atoms with Crippen LogP contribution in [0.25, 0.3) is 0 Å². The Morgan fingerprint density at radius 1 is 1.17 bits per heavy atom. The van der Waals surface area contributed by atoms with Crippen LogP contribution in [-0.2, 0) is 16.1 Å². The molecule has 0 radical (unpaired) electrons. The Kier molecular flexibility index (Phi) is 6.10. The van der Waals surface area contributed by atoms with E-state index in [4.69, 9.17) is 9.47 Å². The maximum absolute atomic E-state index is 12.6. The predicted molar refractivity (Wildman–Crippen MR) is 110 cm³/mol. The number of anilines is 1. The molecule has 2 aromatic carbocycles. The largest absolute Gasteiger partial charge is 0.491 e. The fourth-order valence-corrected chi connectivity index (χ4v) is 3.71. The summed E-state index contributed by atoms with van der Waals surface area (Å²) in [4.78, 5) is 26.2. The molecule has 152 valence electrons. The summed E-state index contributed by atoms with van der Waals surface area (Å²) in [7, 11) is 0. The lowest BCUT2D eigenvalue weighted by molar-refractivity contribution is -0.128. The Morgan fingerprint density at radius 2 is 2.03 bits per heavy atom. The number of rotatable bonds is 7. The molecule has 2 fully saturated rings. The Labute approximate surface area is 170 Å².